The lowest BCUT2D eigenvalue weighted by atomic mass is 10.1. The standard InChI is InChI=1S/C7H12ClN3/c1-6(4-8)3-7-9-5-10-11(7)2/h5-6H,3-4H2,1-2H3. The highest BCUT2D eigenvalue weighted by Gasteiger charge is 2.05. The van der Waals surface area contributed by atoms with E-state index in [0.717, 1.165) is 12.2 Å². The van der Waals surface area contributed by atoms with Crippen molar-refractivity contribution in [3.05, 3.63) is 12.2 Å². The molecule has 0 aliphatic carbocycles. The second-order valence-corrected chi connectivity index (χ2v) is 3.07. The quantitative estimate of drug-likeness (QED) is 0.644. The minimum absolute atomic E-state index is 0.472. The highest BCUT2D eigenvalue weighted by molar-refractivity contribution is 6.18. The van der Waals surface area contributed by atoms with Crippen LogP contribution in [-0.2, 0) is 13.5 Å². The lowest BCUT2D eigenvalue weighted by molar-refractivity contribution is 0.589. The number of hydrogen-bond acceptors (Lipinski definition) is 2. The summed E-state index contributed by atoms with van der Waals surface area (Å²) >= 11 is 5.66. The fourth-order valence-corrected chi connectivity index (χ4v) is 0.980. The summed E-state index contributed by atoms with van der Waals surface area (Å²) in [6.45, 7) is 2.10. The van der Waals surface area contributed by atoms with E-state index in [9.17, 15) is 0 Å². The molecule has 1 rings (SSSR count). The van der Waals surface area contributed by atoms with Gasteiger partial charge in [0.2, 0.25) is 0 Å². The Labute approximate surface area is 71.4 Å². The van der Waals surface area contributed by atoms with Gasteiger partial charge in [-0.2, -0.15) is 5.10 Å². The maximum atomic E-state index is 5.66. The molecule has 0 aliphatic rings. The Morgan fingerprint density at radius 2 is 2.45 bits per heavy atom. The van der Waals surface area contributed by atoms with Crippen LogP contribution in [0.15, 0.2) is 6.33 Å². The van der Waals surface area contributed by atoms with E-state index in [0.29, 0.717) is 11.8 Å². The third-order valence-corrected chi connectivity index (χ3v) is 2.13. The topological polar surface area (TPSA) is 30.7 Å². The molecule has 0 aliphatic heterocycles. The third-order valence-electron chi connectivity index (χ3n) is 1.60. The van der Waals surface area contributed by atoms with Gasteiger partial charge in [-0.1, -0.05) is 6.92 Å². The van der Waals surface area contributed by atoms with E-state index in [1.807, 2.05) is 7.05 Å². The average molecular weight is 174 g/mol. The van der Waals surface area contributed by atoms with Gasteiger partial charge in [-0.3, -0.25) is 4.68 Å². The van der Waals surface area contributed by atoms with Crippen molar-refractivity contribution < 1.29 is 0 Å². The van der Waals surface area contributed by atoms with Gasteiger partial charge in [-0.05, 0) is 5.92 Å². The molecule has 0 radical (unpaired) electrons. The van der Waals surface area contributed by atoms with Crippen LogP contribution >= 0.6 is 11.6 Å². The molecule has 1 unspecified atom stereocenters. The lowest BCUT2D eigenvalue weighted by Crippen LogP contribution is -2.07. The summed E-state index contributed by atoms with van der Waals surface area (Å²) in [5.41, 5.74) is 0. The SMILES string of the molecule is CC(CCl)Cc1ncnn1C. The molecule has 4 heteroatoms. The Hall–Kier alpha value is -0.570. The minimum Gasteiger partial charge on any atom is -0.253 e. The lowest BCUT2D eigenvalue weighted by Gasteiger charge is -2.04. The number of aromatic nitrogens is 3. The number of halogens is 1. The van der Waals surface area contributed by atoms with Gasteiger partial charge in [0.05, 0.1) is 0 Å². The first-order valence-electron chi connectivity index (χ1n) is 3.63. The molecule has 0 N–H and O–H groups in total. The zero-order chi connectivity index (χ0) is 8.27. The van der Waals surface area contributed by atoms with Crippen LogP contribution in [0.2, 0.25) is 0 Å². The molecule has 3 nitrogen and oxygen atoms in total. The maximum Gasteiger partial charge on any atom is 0.138 e. The summed E-state index contributed by atoms with van der Waals surface area (Å²) < 4.78 is 1.78. The smallest absolute Gasteiger partial charge is 0.138 e. The number of nitrogens with zero attached hydrogens (tertiary/aromatic N) is 3. The molecule has 0 saturated heterocycles. The zero-order valence-corrected chi connectivity index (χ0v) is 7.54. The van der Waals surface area contributed by atoms with Crippen molar-refractivity contribution in [2.45, 2.75) is 13.3 Å². The summed E-state index contributed by atoms with van der Waals surface area (Å²) in [5, 5.41) is 3.97. The Bertz CT molecular complexity index is 221. The molecule has 0 amide bonds. The Morgan fingerprint density at radius 1 is 1.73 bits per heavy atom. The van der Waals surface area contributed by atoms with Crippen LogP contribution in [0.25, 0.3) is 0 Å². The second kappa shape index (κ2) is 3.72. The van der Waals surface area contributed by atoms with Gasteiger partial charge < -0.3 is 0 Å². The fraction of sp³-hybridized carbons (Fsp3) is 0.714. The van der Waals surface area contributed by atoms with Crippen LogP contribution in [0.1, 0.15) is 12.7 Å². The second-order valence-electron chi connectivity index (χ2n) is 2.76. The molecule has 11 heavy (non-hydrogen) atoms. The Kier molecular flexibility index (Phi) is 2.88. The number of hydrogen-bond donors (Lipinski definition) is 0. The van der Waals surface area contributed by atoms with Crippen molar-refractivity contribution >= 4 is 11.6 Å². The zero-order valence-electron chi connectivity index (χ0n) is 6.79. The summed E-state index contributed by atoms with van der Waals surface area (Å²) in [6.07, 6.45) is 2.47. The van der Waals surface area contributed by atoms with Gasteiger partial charge in [0.25, 0.3) is 0 Å². The van der Waals surface area contributed by atoms with E-state index in [1.165, 1.54) is 0 Å². The first-order chi connectivity index (χ1) is 5.24. The van der Waals surface area contributed by atoms with Crippen molar-refractivity contribution in [1.82, 2.24) is 14.8 Å². The van der Waals surface area contributed by atoms with Crippen molar-refractivity contribution in [1.29, 1.82) is 0 Å². The predicted octanol–water partition coefficient (Wildman–Crippen LogP) is 1.23. The van der Waals surface area contributed by atoms with Crippen LogP contribution in [0.5, 0.6) is 0 Å². The van der Waals surface area contributed by atoms with Gasteiger partial charge in [-0.15, -0.1) is 11.6 Å². The van der Waals surface area contributed by atoms with Crippen molar-refractivity contribution in [2.24, 2.45) is 13.0 Å². The van der Waals surface area contributed by atoms with E-state index < -0.39 is 0 Å². The summed E-state index contributed by atoms with van der Waals surface area (Å²) in [6, 6.07) is 0. The van der Waals surface area contributed by atoms with Crippen LogP contribution in [0, 0.1) is 5.92 Å². The molecular formula is C7H12ClN3. The Balaban J connectivity index is 2.56. The molecule has 1 aromatic rings. The van der Waals surface area contributed by atoms with Gasteiger partial charge in [0.1, 0.15) is 12.2 Å². The normalized spacial score (nSPS) is 13.4. The summed E-state index contributed by atoms with van der Waals surface area (Å²) in [7, 11) is 1.89. The monoisotopic (exact) mass is 173 g/mol. The van der Waals surface area contributed by atoms with E-state index in [-0.39, 0.29) is 0 Å². The van der Waals surface area contributed by atoms with Crippen molar-refractivity contribution in [3.63, 3.8) is 0 Å². The van der Waals surface area contributed by atoms with Crippen LogP contribution in [0.4, 0.5) is 0 Å². The summed E-state index contributed by atoms with van der Waals surface area (Å²) in [4.78, 5) is 4.10. The van der Waals surface area contributed by atoms with Gasteiger partial charge in [0.15, 0.2) is 0 Å². The number of rotatable bonds is 3. The highest BCUT2D eigenvalue weighted by atomic mass is 35.5. The number of aryl methyl sites for hydroxylation is 1. The van der Waals surface area contributed by atoms with Crippen LogP contribution in [-0.4, -0.2) is 20.6 Å². The van der Waals surface area contributed by atoms with Crippen LogP contribution < -0.4 is 0 Å². The summed E-state index contributed by atoms with van der Waals surface area (Å²) in [5.74, 6) is 2.14. The largest absolute Gasteiger partial charge is 0.253 e. The first kappa shape index (κ1) is 8.53. The molecule has 1 heterocycles. The number of alkyl halides is 1. The van der Waals surface area contributed by atoms with Crippen molar-refractivity contribution in [3.8, 4) is 0 Å². The van der Waals surface area contributed by atoms with Gasteiger partial charge in [0, 0.05) is 19.3 Å². The molecule has 62 valence electrons. The molecule has 0 aromatic carbocycles. The van der Waals surface area contributed by atoms with Crippen molar-refractivity contribution in [2.75, 3.05) is 5.88 Å². The molecule has 0 bridgehead atoms. The fourth-order valence-electron chi connectivity index (χ4n) is 0.871. The van der Waals surface area contributed by atoms with Gasteiger partial charge >= 0.3 is 0 Å². The van der Waals surface area contributed by atoms with Gasteiger partial charge in [-0.25, -0.2) is 4.98 Å². The van der Waals surface area contributed by atoms with Crippen LogP contribution in [0.3, 0.4) is 0 Å². The molecule has 1 aromatic heterocycles. The third kappa shape index (κ3) is 2.19. The molecular weight excluding hydrogens is 162 g/mol. The maximum absolute atomic E-state index is 5.66. The Morgan fingerprint density at radius 3 is 2.91 bits per heavy atom. The van der Waals surface area contributed by atoms with E-state index in [1.54, 1.807) is 11.0 Å². The molecule has 0 saturated carbocycles. The molecule has 0 fully saturated rings. The van der Waals surface area contributed by atoms with E-state index >= 15 is 0 Å². The average Bonchev–Trinajstić information content (AvgIpc) is 2.37. The first-order valence-corrected chi connectivity index (χ1v) is 4.16. The highest BCUT2D eigenvalue weighted by Crippen LogP contribution is 2.05. The van der Waals surface area contributed by atoms with E-state index in [2.05, 4.69) is 17.0 Å². The predicted molar refractivity (Wildman–Crippen MR) is 44.6 cm³/mol. The van der Waals surface area contributed by atoms with E-state index in [4.69, 9.17) is 11.6 Å². The molecule has 0 spiro atoms. The molecule has 1 atom stereocenters. The minimum atomic E-state index is 0.472.